The minimum Gasteiger partial charge on any atom is -0.485 e. The van der Waals surface area contributed by atoms with E-state index < -0.39 is 18.1 Å². The van der Waals surface area contributed by atoms with Gasteiger partial charge in [-0.25, -0.2) is 4.98 Å². The summed E-state index contributed by atoms with van der Waals surface area (Å²) in [6.07, 6.45) is 14.2. The number of methoxy groups -OCH3 is 2. The van der Waals surface area contributed by atoms with Crippen molar-refractivity contribution in [2.24, 2.45) is 22.9 Å². The number of carboxylic acid groups (broad SMARTS) is 1. The van der Waals surface area contributed by atoms with Crippen LogP contribution in [0.1, 0.15) is 173 Å². The molecule has 0 spiro atoms. The first-order valence-electron chi connectivity index (χ1n) is 30.5. The van der Waals surface area contributed by atoms with Gasteiger partial charge in [0.15, 0.2) is 12.1 Å². The van der Waals surface area contributed by atoms with Gasteiger partial charge in [0.2, 0.25) is 5.88 Å². The average molecular weight is 1130 g/mol. The van der Waals surface area contributed by atoms with E-state index in [1.54, 1.807) is 20.4 Å². The Balaban J connectivity index is 1.00. The van der Waals surface area contributed by atoms with E-state index in [-0.39, 0.29) is 41.9 Å². The smallest absolute Gasteiger partial charge is 0.307 e. The number of fused-ring (bicyclic) bond motifs is 2. The highest BCUT2D eigenvalue weighted by Crippen LogP contribution is 2.51. The second-order valence-corrected chi connectivity index (χ2v) is 24.5. The predicted molar refractivity (Wildman–Crippen MR) is 328 cm³/mol. The maximum atomic E-state index is 12.7. The molecule has 2 fully saturated rings. The normalized spacial score (nSPS) is 20.6. The van der Waals surface area contributed by atoms with Crippen LogP contribution in [0, 0.1) is 22.7 Å². The van der Waals surface area contributed by atoms with Crippen molar-refractivity contribution >= 4 is 11.5 Å². The summed E-state index contributed by atoms with van der Waals surface area (Å²) < 4.78 is 25.9. The molecule has 440 valence electrons. The summed E-state index contributed by atoms with van der Waals surface area (Å²) in [4.78, 5) is 35.9. The van der Waals surface area contributed by atoms with Gasteiger partial charge >= 0.3 is 5.97 Å². The fourth-order valence-corrected chi connectivity index (χ4v) is 13.4. The molecule has 9 atom stereocenters. The molecule has 5 aromatic rings. The van der Waals surface area contributed by atoms with Gasteiger partial charge in [-0.1, -0.05) is 94.0 Å². The first-order chi connectivity index (χ1) is 40.1. The Hall–Kier alpha value is -6.80. The topological polar surface area (TPSA) is 146 Å². The Bertz CT molecular complexity index is 3230. The fourth-order valence-electron chi connectivity index (χ4n) is 13.4. The molecule has 13 nitrogen and oxygen atoms in total. The molecule has 5 unspecified atom stereocenters. The molecule has 10 rings (SSSR count). The van der Waals surface area contributed by atoms with Gasteiger partial charge in [0.25, 0.3) is 0 Å². The van der Waals surface area contributed by atoms with Crippen LogP contribution in [0.2, 0.25) is 0 Å². The van der Waals surface area contributed by atoms with Crippen LogP contribution in [0.4, 0.5) is 0 Å². The second-order valence-electron chi connectivity index (χ2n) is 24.5. The third-order valence-electron chi connectivity index (χ3n) is 18.8. The molecule has 0 saturated heterocycles. The third kappa shape index (κ3) is 13.4. The van der Waals surface area contributed by atoms with Crippen LogP contribution >= 0.6 is 0 Å². The monoisotopic (exact) mass is 1130 g/mol. The minimum atomic E-state index is -1.26. The molecule has 1 aromatic heterocycles. The number of nitrogens with zero attached hydrogens (tertiary/aromatic N) is 5. The molecule has 2 N–H and O–H groups in total. The zero-order chi connectivity index (χ0) is 58.6. The molecule has 83 heavy (non-hydrogen) atoms. The molecule has 2 saturated carbocycles. The van der Waals surface area contributed by atoms with Crippen LogP contribution in [0.15, 0.2) is 126 Å². The number of aliphatic carboxylic acids is 1. The number of carboxylic acids is 1. The van der Waals surface area contributed by atoms with Crippen LogP contribution in [-0.4, -0.2) is 95.1 Å². The standard InChI is InChI=1S/C70H87N5O8/c1-11-74(42(3)4)40-56-33-49(51-27-29-71-66(38-51)80-9)20-24-60(56)65-37-55(58-25-21-53(35-64(58)83-65)61(32-46-13-14-46)44(6)70(77)78)31-43(5)75(12-2)41-57-34-50(52-28-30-73(8)67(39-52)81-10)19-23-59(57)62-26-22-47-15-18-54(36-63(47)82-62)68(48-16-17-48)45(7)69(76)72-79/h15,18-21,23-25,27-29,32-36,38-39,42-45,48,55,61-62,65,68-69,76H,11-14,16-17,22,26,30-31,37,40-41H2,1-10H3,(H,77,78)/t43?,44-,45-,55?,61+,62?,65?,68-,69?/m0/s1. The molecule has 13 heteroatoms. The van der Waals surface area contributed by atoms with Crippen molar-refractivity contribution in [3.8, 4) is 28.5 Å². The zero-order valence-corrected chi connectivity index (χ0v) is 50.5. The summed E-state index contributed by atoms with van der Waals surface area (Å²) in [6.45, 7) is 19.0. The summed E-state index contributed by atoms with van der Waals surface area (Å²) in [7, 11) is 5.42. The number of hydrogen-bond acceptors (Lipinski definition) is 12. The van der Waals surface area contributed by atoms with E-state index in [0.29, 0.717) is 24.4 Å². The number of carbonyl (C=O) groups is 1. The van der Waals surface area contributed by atoms with Crippen molar-refractivity contribution in [3.63, 3.8) is 0 Å². The number of hydrogen-bond donors (Lipinski definition) is 2. The van der Waals surface area contributed by atoms with E-state index in [0.717, 1.165) is 139 Å². The molecule has 0 amide bonds. The van der Waals surface area contributed by atoms with E-state index in [4.69, 9.17) is 18.9 Å². The highest BCUT2D eigenvalue weighted by atomic mass is 16.5. The highest BCUT2D eigenvalue weighted by Gasteiger charge is 2.40. The summed E-state index contributed by atoms with van der Waals surface area (Å²) >= 11 is 0. The lowest BCUT2D eigenvalue weighted by molar-refractivity contribution is -0.141. The number of nitroso groups, excluding NO2 is 1. The number of aliphatic hydroxyl groups is 1. The number of aromatic nitrogens is 1. The molecule has 3 aliphatic heterocycles. The van der Waals surface area contributed by atoms with Crippen molar-refractivity contribution in [1.29, 1.82) is 0 Å². The lowest BCUT2D eigenvalue weighted by Crippen LogP contribution is -2.35. The molecule has 0 radical (unpaired) electrons. The lowest BCUT2D eigenvalue weighted by Gasteiger charge is -2.38. The van der Waals surface area contributed by atoms with E-state index in [2.05, 4.69) is 151 Å². The number of allylic oxidation sites excluding steroid dienone is 4. The van der Waals surface area contributed by atoms with E-state index in [1.165, 1.54) is 27.8 Å². The van der Waals surface area contributed by atoms with Gasteiger partial charge in [0.05, 0.1) is 20.1 Å². The SMILES string of the molecule is CCN(Cc1cc(-c2ccnc(OC)c2)ccc1C1CC(CC(C)N(CC)Cc2cc(C3=CCN(C)C(OC)=C3)ccc2C2CCc3ccc([C@H](C4CC4)[C@H](C)C(O)N=O)cc3O2)c2ccc([C@H](C=C3CC3)[C@H](C)C(=O)O)cc2O1)C(C)C. The van der Waals surface area contributed by atoms with E-state index in [1.807, 2.05) is 33.0 Å². The Morgan fingerprint density at radius 2 is 1.45 bits per heavy atom. The number of aliphatic hydroxyl groups excluding tert-OH is 1. The predicted octanol–water partition coefficient (Wildman–Crippen LogP) is 14.5. The van der Waals surface area contributed by atoms with Crippen LogP contribution in [-0.2, 0) is 29.0 Å². The summed E-state index contributed by atoms with van der Waals surface area (Å²) in [5, 5.41) is 24.1. The second kappa shape index (κ2) is 26.0. The quantitative estimate of drug-likeness (QED) is 0.0424. The van der Waals surface area contributed by atoms with Crippen LogP contribution in [0.25, 0.3) is 16.7 Å². The van der Waals surface area contributed by atoms with Crippen LogP contribution in [0.5, 0.6) is 17.4 Å². The number of rotatable bonds is 25. The maximum absolute atomic E-state index is 12.7. The first kappa shape index (κ1) is 59.4. The average Bonchev–Trinajstić information content (AvgIpc) is 4.52. The Morgan fingerprint density at radius 1 is 0.783 bits per heavy atom. The van der Waals surface area contributed by atoms with Crippen molar-refractivity contribution < 1.29 is 34.0 Å². The number of likely N-dealkylation sites (N-methyl/N-ethyl adjacent to an activating group) is 1. The number of ether oxygens (including phenoxy) is 4. The molecule has 5 aliphatic rings. The van der Waals surface area contributed by atoms with Gasteiger partial charge in [-0.3, -0.25) is 14.6 Å². The Kier molecular flexibility index (Phi) is 18.6. The van der Waals surface area contributed by atoms with Crippen LogP contribution in [0.3, 0.4) is 0 Å². The Labute approximate surface area is 492 Å². The molecular weight excluding hydrogens is 1040 g/mol. The summed E-state index contributed by atoms with van der Waals surface area (Å²) in [5.41, 5.74) is 14.9. The van der Waals surface area contributed by atoms with E-state index >= 15 is 0 Å². The largest absolute Gasteiger partial charge is 0.485 e. The third-order valence-corrected chi connectivity index (χ3v) is 18.8. The summed E-state index contributed by atoms with van der Waals surface area (Å²) in [5.74, 6) is 1.65. The minimum absolute atomic E-state index is 0.0170. The van der Waals surface area contributed by atoms with Crippen molar-refractivity contribution in [2.75, 3.05) is 40.9 Å². The van der Waals surface area contributed by atoms with Crippen molar-refractivity contribution in [3.05, 3.63) is 176 Å². The lowest BCUT2D eigenvalue weighted by atomic mass is 9.80. The molecule has 0 bridgehead atoms. The molecule has 4 aromatic carbocycles. The van der Waals surface area contributed by atoms with Gasteiger partial charge in [-0.15, -0.1) is 4.91 Å². The Morgan fingerprint density at radius 3 is 2.12 bits per heavy atom. The van der Waals surface area contributed by atoms with Gasteiger partial charge in [-0.2, -0.15) is 0 Å². The fraction of sp³-hybridized carbons (Fsp3) is 0.486. The molecule has 2 aliphatic carbocycles. The molecule has 4 heterocycles. The van der Waals surface area contributed by atoms with Gasteiger partial charge in [0, 0.05) is 68.9 Å². The first-order valence-corrected chi connectivity index (χ1v) is 30.5. The maximum Gasteiger partial charge on any atom is 0.307 e. The number of aryl methyl sites for hydroxylation is 1. The van der Waals surface area contributed by atoms with Gasteiger partial charge in [0.1, 0.15) is 23.7 Å². The van der Waals surface area contributed by atoms with E-state index in [9.17, 15) is 19.9 Å². The number of benzene rings is 4. The van der Waals surface area contributed by atoms with Gasteiger partial charge in [-0.05, 0) is 205 Å². The summed E-state index contributed by atoms with van der Waals surface area (Å²) in [6, 6.07) is 31.3. The zero-order valence-electron chi connectivity index (χ0n) is 50.5. The number of pyridine rings is 1. The van der Waals surface area contributed by atoms with Crippen molar-refractivity contribution in [2.45, 2.75) is 161 Å². The van der Waals surface area contributed by atoms with Crippen LogP contribution < -0.4 is 14.2 Å². The highest BCUT2D eigenvalue weighted by molar-refractivity contribution is 5.76. The van der Waals surface area contributed by atoms with Crippen molar-refractivity contribution in [1.82, 2.24) is 19.7 Å². The molecular formula is C70H87N5O8. The van der Waals surface area contributed by atoms with Gasteiger partial charge < -0.3 is 34.1 Å².